The Morgan fingerprint density at radius 1 is 1.60 bits per heavy atom. The lowest BCUT2D eigenvalue weighted by molar-refractivity contribution is 0.198. The lowest BCUT2D eigenvalue weighted by Crippen LogP contribution is -2.22. The Hall–Kier alpha value is -1.36. The zero-order chi connectivity index (χ0) is 10.7. The quantitative estimate of drug-likeness (QED) is 0.783. The molecular weight excluding hydrogens is 194 g/mol. The molecule has 82 valence electrons. The van der Waals surface area contributed by atoms with Crippen molar-refractivity contribution in [3.63, 3.8) is 0 Å². The number of aliphatic hydroxyl groups is 1. The molecule has 0 unspecified atom stereocenters. The van der Waals surface area contributed by atoms with Crippen LogP contribution in [0, 0.1) is 0 Å². The van der Waals surface area contributed by atoms with Crippen molar-refractivity contribution in [2.45, 2.75) is 19.4 Å². The van der Waals surface area contributed by atoms with E-state index in [2.05, 4.69) is 9.97 Å². The predicted molar refractivity (Wildman–Crippen MR) is 56.0 cm³/mol. The van der Waals surface area contributed by atoms with Gasteiger partial charge in [-0.1, -0.05) is 0 Å². The monoisotopic (exact) mass is 209 g/mol. The van der Waals surface area contributed by atoms with E-state index in [-0.39, 0.29) is 6.10 Å². The number of nitrogens with zero attached hydrogens (tertiary/aromatic N) is 3. The third kappa shape index (κ3) is 2.36. The highest BCUT2D eigenvalue weighted by atomic mass is 16.5. The molecule has 1 N–H and O–H groups in total. The molecule has 0 bridgehead atoms. The van der Waals surface area contributed by atoms with Crippen LogP contribution in [-0.2, 0) is 0 Å². The molecule has 0 spiro atoms. The van der Waals surface area contributed by atoms with Gasteiger partial charge in [-0.2, -0.15) is 0 Å². The van der Waals surface area contributed by atoms with E-state index in [0.29, 0.717) is 19.0 Å². The van der Waals surface area contributed by atoms with E-state index < -0.39 is 0 Å². The van der Waals surface area contributed by atoms with E-state index >= 15 is 0 Å². The van der Waals surface area contributed by atoms with Crippen LogP contribution < -0.4 is 9.64 Å². The number of aliphatic hydroxyl groups excluding tert-OH is 1. The summed E-state index contributed by atoms with van der Waals surface area (Å²) in [4.78, 5) is 10.2. The average Bonchev–Trinajstić information content (AvgIpc) is 2.66. The highest BCUT2D eigenvalue weighted by Gasteiger charge is 2.21. The highest BCUT2D eigenvalue weighted by molar-refractivity contribution is 5.42. The average molecular weight is 209 g/mol. The van der Waals surface area contributed by atoms with Crippen molar-refractivity contribution in [1.29, 1.82) is 0 Å². The Morgan fingerprint density at radius 3 is 3.13 bits per heavy atom. The molecule has 2 heterocycles. The van der Waals surface area contributed by atoms with Crippen molar-refractivity contribution in [2.24, 2.45) is 0 Å². The number of ether oxygens (including phenoxy) is 1. The largest absolute Gasteiger partial charge is 0.478 e. The standard InChI is InChI=1S/C10H15N3O2/c1-2-15-10-5-9(11-7-12-10)13-4-3-8(14)6-13/h5,7-8,14H,2-4,6H2,1H3/t8-/m1/s1. The van der Waals surface area contributed by atoms with Crippen molar-refractivity contribution >= 4 is 5.82 Å². The molecule has 0 saturated carbocycles. The van der Waals surface area contributed by atoms with Crippen LogP contribution in [0.25, 0.3) is 0 Å². The van der Waals surface area contributed by atoms with Gasteiger partial charge in [0.1, 0.15) is 12.1 Å². The first kappa shape index (κ1) is 10.2. The fraction of sp³-hybridized carbons (Fsp3) is 0.600. The minimum absolute atomic E-state index is 0.240. The van der Waals surface area contributed by atoms with Gasteiger partial charge < -0.3 is 14.7 Å². The maximum atomic E-state index is 9.42. The van der Waals surface area contributed by atoms with Crippen LogP contribution in [-0.4, -0.2) is 40.9 Å². The number of aromatic nitrogens is 2. The van der Waals surface area contributed by atoms with Crippen molar-refractivity contribution in [3.8, 4) is 5.88 Å². The summed E-state index contributed by atoms with van der Waals surface area (Å²) >= 11 is 0. The maximum absolute atomic E-state index is 9.42. The number of β-amino-alcohol motifs (C(OH)–C–C–N with tert-alkyl or cyclic N) is 1. The normalized spacial score (nSPS) is 20.7. The van der Waals surface area contributed by atoms with Crippen LogP contribution in [0.15, 0.2) is 12.4 Å². The Morgan fingerprint density at radius 2 is 2.47 bits per heavy atom. The van der Waals surface area contributed by atoms with Gasteiger partial charge in [0.05, 0.1) is 12.7 Å². The fourth-order valence-electron chi connectivity index (χ4n) is 1.68. The zero-order valence-electron chi connectivity index (χ0n) is 8.76. The first-order valence-electron chi connectivity index (χ1n) is 5.17. The summed E-state index contributed by atoms with van der Waals surface area (Å²) in [5, 5.41) is 9.42. The van der Waals surface area contributed by atoms with Crippen LogP contribution in [0.3, 0.4) is 0 Å². The van der Waals surface area contributed by atoms with Gasteiger partial charge in [-0.25, -0.2) is 9.97 Å². The second-order valence-electron chi connectivity index (χ2n) is 3.54. The van der Waals surface area contributed by atoms with Crippen molar-refractivity contribution in [3.05, 3.63) is 12.4 Å². The highest BCUT2D eigenvalue weighted by Crippen LogP contribution is 2.20. The van der Waals surface area contributed by atoms with E-state index in [9.17, 15) is 5.11 Å². The molecule has 1 aliphatic rings. The Kier molecular flexibility index (Phi) is 3.01. The van der Waals surface area contributed by atoms with Gasteiger partial charge in [0.2, 0.25) is 5.88 Å². The second-order valence-corrected chi connectivity index (χ2v) is 3.54. The van der Waals surface area contributed by atoms with E-state index in [0.717, 1.165) is 18.8 Å². The van der Waals surface area contributed by atoms with E-state index in [4.69, 9.17) is 4.74 Å². The summed E-state index contributed by atoms with van der Waals surface area (Å²) in [6.07, 6.45) is 2.05. The predicted octanol–water partition coefficient (Wildman–Crippen LogP) is 0.446. The molecule has 1 fully saturated rings. The lowest BCUT2D eigenvalue weighted by atomic mass is 10.3. The molecule has 2 rings (SSSR count). The number of rotatable bonds is 3. The Balaban J connectivity index is 2.10. The van der Waals surface area contributed by atoms with Gasteiger partial charge in [0, 0.05) is 19.2 Å². The second kappa shape index (κ2) is 4.44. The SMILES string of the molecule is CCOc1cc(N2CC[C@@H](O)C2)ncn1. The van der Waals surface area contributed by atoms with E-state index in [1.165, 1.54) is 6.33 Å². The molecule has 1 saturated heterocycles. The summed E-state index contributed by atoms with van der Waals surface area (Å²) in [5.41, 5.74) is 0. The van der Waals surface area contributed by atoms with Crippen LogP contribution in [0.1, 0.15) is 13.3 Å². The summed E-state index contributed by atoms with van der Waals surface area (Å²) in [5.74, 6) is 1.41. The summed E-state index contributed by atoms with van der Waals surface area (Å²) in [7, 11) is 0. The molecule has 1 aromatic heterocycles. The number of anilines is 1. The first-order valence-corrected chi connectivity index (χ1v) is 5.17. The van der Waals surface area contributed by atoms with Gasteiger partial charge in [0.25, 0.3) is 0 Å². The molecule has 15 heavy (non-hydrogen) atoms. The minimum atomic E-state index is -0.240. The number of hydrogen-bond donors (Lipinski definition) is 1. The van der Waals surface area contributed by atoms with Crippen LogP contribution >= 0.6 is 0 Å². The number of hydrogen-bond acceptors (Lipinski definition) is 5. The topological polar surface area (TPSA) is 58.5 Å². The molecule has 0 aromatic carbocycles. The Bertz CT molecular complexity index is 332. The van der Waals surface area contributed by atoms with Crippen LogP contribution in [0.2, 0.25) is 0 Å². The third-order valence-corrected chi connectivity index (χ3v) is 2.41. The lowest BCUT2D eigenvalue weighted by Gasteiger charge is -2.16. The maximum Gasteiger partial charge on any atom is 0.218 e. The van der Waals surface area contributed by atoms with Gasteiger partial charge in [-0.05, 0) is 13.3 Å². The molecule has 1 atom stereocenters. The smallest absolute Gasteiger partial charge is 0.218 e. The Labute approximate surface area is 88.7 Å². The first-order chi connectivity index (χ1) is 7.29. The summed E-state index contributed by atoms with van der Waals surface area (Å²) in [6.45, 7) is 3.99. The molecule has 0 amide bonds. The molecule has 5 nitrogen and oxygen atoms in total. The van der Waals surface area contributed by atoms with Gasteiger partial charge in [0.15, 0.2) is 0 Å². The van der Waals surface area contributed by atoms with Gasteiger partial charge >= 0.3 is 0 Å². The fourth-order valence-corrected chi connectivity index (χ4v) is 1.68. The summed E-state index contributed by atoms with van der Waals surface area (Å²) < 4.78 is 5.29. The van der Waals surface area contributed by atoms with Crippen LogP contribution in [0.4, 0.5) is 5.82 Å². The van der Waals surface area contributed by atoms with Crippen molar-refractivity contribution in [2.75, 3.05) is 24.6 Å². The molecule has 0 aliphatic carbocycles. The molecular formula is C10H15N3O2. The molecule has 0 radical (unpaired) electrons. The molecule has 5 heteroatoms. The van der Waals surface area contributed by atoms with Crippen molar-refractivity contribution < 1.29 is 9.84 Å². The van der Waals surface area contributed by atoms with Crippen LogP contribution in [0.5, 0.6) is 5.88 Å². The minimum Gasteiger partial charge on any atom is -0.478 e. The van der Waals surface area contributed by atoms with E-state index in [1.54, 1.807) is 0 Å². The van der Waals surface area contributed by atoms with Gasteiger partial charge in [-0.3, -0.25) is 0 Å². The third-order valence-electron chi connectivity index (χ3n) is 2.41. The summed E-state index contributed by atoms with van der Waals surface area (Å²) in [6, 6.07) is 1.81. The van der Waals surface area contributed by atoms with Gasteiger partial charge in [-0.15, -0.1) is 0 Å². The van der Waals surface area contributed by atoms with Crippen molar-refractivity contribution in [1.82, 2.24) is 9.97 Å². The molecule has 1 aliphatic heterocycles. The van der Waals surface area contributed by atoms with E-state index in [1.807, 2.05) is 17.9 Å². The molecule has 1 aromatic rings. The zero-order valence-corrected chi connectivity index (χ0v) is 8.76.